The highest BCUT2D eigenvalue weighted by Crippen LogP contribution is 2.51. The van der Waals surface area contributed by atoms with E-state index in [0.29, 0.717) is 5.82 Å². The van der Waals surface area contributed by atoms with Crippen molar-refractivity contribution in [2.75, 3.05) is 0 Å². The van der Waals surface area contributed by atoms with Crippen molar-refractivity contribution in [3.05, 3.63) is 65.4 Å². The fraction of sp³-hybridized carbons (Fsp3) is 0.333. The second kappa shape index (κ2) is 6.95. The van der Waals surface area contributed by atoms with Gasteiger partial charge < -0.3 is 0 Å². The van der Waals surface area contributed by atoms with Crippen LogP contribution in [-0.2, 0) is 16.6 Å². The Bertz CT molecular complexity index is 1250. The van der Waals surface area contributed by atoms with Crippen LogP contribution in [-0.4, -0.2) is 30.5 Å². The summed E-state index contributed by atoms with van der Waals surface area (Å²) < 4.78 is 1.88. The number of fused-ring (bicyclic) bond motifs is 3. The zero-order valence-electron chi connectivity index (χ0n) is 17.7. The van der Waals surface area contributed by atoms with Crippen molar-refractivity contribution in [1.82, 2.24) is 24.7 Å². The summed E-state index contributed by atoms with van der Waals surface area (Å²) in [4.78, 5) is 25.8. The molecule has 3 aromatic rings. The van der Waals surface area contributed by atoms with Crippen molar-refractivity contribution in [2.45, 2.75) is 39.0 Å². The van der Waals surface area contributed by atoms with Crippen LogP contribution in [0.15, 0.2) is 48.6 Å². The lowest BCUT2D eigenvalue weighted by Gasteiger charge is -2.45. The first-order valence-electron chi connectivity index (χ1n) is 10.4. The van der Waals surface area contributed by atoms with Gasteiger partial charge >= 0.3 is 0 Å². The molecule has 0 aromatic carbocycles. The van der Waals surface area contributed by atoms with Crippen LogP contribution in [0.4, 0.5) is 0 Å². The van der Waals surface area contributed by atoms with Gasteiger partial charge in [-0.05, 0) is 43.4 Å². The lowest BCUT2D eigenvalue weighted by molar-refractivity contribution is -0.121. The number of Topliss-reactive ketones (excluding diaryl/α,β-unsaturated/α-hetero) is 1. The summed E-state index contributed by atoms with van der Waals surface area (Å²) in [5.41, 5.74) is 4.41. The fourth-order valence-electron chi connectivity index (χ4n) is 5.23. The number of aromatic nitrogens is 5. The van der Waals surface area contributed by atoms with E-state index in [1.165, 1.54) is 6.33 Å². The van der Waals surface area contributed by atoms with Crippen LogP contribution in [0.25, 0.3) is 17.2 Å². The SMILES string of the molecule is Cc1ccc(-n2nc(-c3ccncn3)c3c2[C@]2(C)C=C(C#N)C(=O)[C@H](C)[C@H]2CC3)nc1. The predicted octanol–water partition coefficient (Wildman–Crippen LogP) is 3.52. The van der Waals surface area contributed by atoms with Gasteiger partial charge in [0.25, 0.3) is 0 Å². The van der Waals surface area contributed by atoms with E-state index >= 15 is 0 Å². The number of nitriles is 1. The van der Waals surface area contributed by atoms with E-state index in [1.54, 1.807) is 6.20 Å². The maximum atomic E-state index is 12.7. The summed E-state index contributed by atoms with van der Waals surface area (Å²) in [5, 5.41) is 14.6. The summed E-state index contributed by atoms with van der Waals surface area (Å²) in [6, 6.07) is 7.94. The van der Waals surface area contributed by atoms with Crippen molar-refractivity contribution < 1.29 is 4.79 Å². The van der Waals surface area contributed by atoms with Gasteiger partial charge in [0.2, 0.25) is 0 Å². The zero-order valence-corrected chi connectivity index (χ0v) is 17.7. The van der Waals surface area contributed by atoms with Gasteiger partial charge in [-0.2, -0.15) is 10.4 Å². The number of nitrogens with zero attached hydrogens (tertiary/aromatic N) is 6. The number of aryl methyl sites for hydroxylation is 1. The topological polar surface area (TPSA) is 97.4 Å². The molecule has 2 aliphatic rings. The zero-order chi connectivity index (χ0) is 21.8. The van der Waals surface area contributed by atoms with Gasteiger partial charge in [-0.25, -0.2) is 19.6 Å². The second-order valence-electron chi connectivity index (χ2n) is 8.63. The molecule has 7 heteroatoms. The van der Waals surface area contributed by atoms with E-state index < -0.39 is 5.41 Å². The highest BCUT2D eigenvalue weighted by Gasteiger charge is 2.51. The molecule has 0 saturated carbocycles. The van der Waals surface area contributed by atoms with Crippen molar-refractivity contribution in [2.24, 2.45) is 11.8 Å². The average Bonchev–Trinajstić information content (AvgIpc) is 3.18. The average molecular weight is 410 g/mol. The number of hydrogen-bond donors (Lipinski definition) is 0. The number of pyridine rings is 1. The van der Waals surface area contributed by atoms with Crippen molar-refractivity contribution in [1.29, 1.82) is 5.26 Å². The van der Waals surface area contributed by atoms with Crippen LogP contribution >= 0.6 is 0 Å². The monoisotopic (exact) mass is 410 g/mol. The fourth-order valence-corrected chi connectivity index (χ4v) is 5.23. The van der Waals surface area contributed by atoms with Crippen molar-refractivity contribution in [3.8, 4) is 23.3 Å². The third kappa shape index (κ3) is 2.82. The van der Waals surface area contributed by atoms with E-state index in [9.17, 15) is 10.1 Å². The molecule has 0 amide bonds. The first kappa shape index (κ1) is 19.3. The molecule has 7 nitrogen and oxygen atoms in total. The van der Waals surface area contributed by atoms with Crippen LogP contribution in [0.3, 0.4) is 0 Å². The molecule has 0 fully saturated rings. The molecule has 0 unspecified atom stereocenters. The van der Waals surface area contributed by atoms with Gasteiger partial charge in [0.1, 0.15) is 18.1 Å². The van der Waals surface area contributed by atoms with Gasteiger partial charge in [-0.1, -0.05) is 26.0 Å². The number of ketones is 1. The molecule has 0 N–H and O–H groups in total. The quantitative estimate of drug-likeness (QED) is 0.641. The van der Waals surface area contributed by atoms with Gasteiger partial charge in [0, 0.05) is 29.3 Å². The molecule has 0 saturated heterocycles. The molecule has 3 aromatic heterocycles. The molecule has 0 spiro atoms. The maximum Gasteiger partial charge on any atom is 0.176 e. The van der Waals surface area contributed by atoms with Crippen LogP contribution in [0.5, 0.6) is 0 Å². The van der Waals surface area contributed by atoms with Gasteiger partial charge in [0.15, 0.2) is 11.6 Å². The molecule has 5 rings (SSSR count). The normalized spacial score (nSPS) is 24.7. The van der Waals surface area contributed by atoms with Crippen LogP contribution in [0.2, 0.25) is 0 Å². The van der Waals surface area contributed by atoms with Gasteiger partial charge in [0.05, 0.1) is 17.0 Å². The lowest BCUT2D eigenvalue weighted by atomic mass is 9.58. The number of rotatable bonds is 2. The van der Waals surface area contributed by atoms with Gasteiger partial charge in [-0.15, -0.1) is 0 Å². The molecule has 3 heterocycles. The van der Waals surface area contributed by atoms with Gasteiger partial charge in [-0.3, -0.25) is 4.79 Å². The first-order valence-corrected chi connectivity index (χ1v) is 10.4. The number of hydrogen-bond acceptors (Lipinski definition) is 6. The minimum atomic E-state index is -0.517. The highest BCUT2D eigenvalue weighted by atomic mass is 16.1. The summed E-state index contributed by atoms with van der Waals surface area (Å²) in [6.07, 6.45) is 8.53. The number of carbonyl (C=O) groups is 1. The standard InChI is InChI=1S/C24H22N6O/c1-14-4-7-20(27-12-14)30-23-17(21(29-30)19-8-9-26-13-28-19)5-6-18-15(2)22(31)16(11-25)10-24(18,23)3/h4,7-10,12-13,15,18H,5-6H2,1-3H3/t15-,18-,24-/m1/s1. The smallest absolute Gasteiger partial charge is 0.176 e. The minimum Gasteiger partial charge on any atom is -0.293 e. The highest BCUT2D eigenvalue weighted by molar-refractivity contribution is 6.02. The molecule has 0 aliphatic heterocycles. The Morgan fingerprint density at radius 1 is 1.26 bits per heavy atom. The molecule has 0 radical (unpaired) electrons. The third-order valence-electron chi connectivity index (χ3n) is 6.75. The summed E-state index contributed by atoms with van der Waals surface area (Å²) in [7, 11) is 0. The molecule has 2 aliphatic carbocycles. The maximum absolute atomic E-state index is 12.7. The van der Waals surface area contributed by atoms with Crippen molar-refractivity contribution in [3.63, 3.8) is 0 Å². The van der Waals surface area contributed by atoms with E-state index in [-0.39, 0.29) is 23.2 Å². The Morgan fingerprint density at radius 2 is 2.10 bits per heavy atom. The Morgan fingerprint density at radius 3 is 2.77 bits per heavy atom. The Kier molecular flexibility index (Phi) is 4.33. The van der Waals surface area contributed by atoms with E-state index in [1.807, 2.05) is 49.0 Å². The molecule has 0 bridgehead atoms. The Hall–Kier alpha value is -3.66. The predicted molar refractivity (Wildman–Crippen MR) is 114 cm³/mol. The number of allylic oxidation sites excluding steroid dienone is 2. The third-order valence-corrected chi connectivity index (χ3v) is 6.75. The largest absolute Gasteiger partial charge is 0.293 e. The molecule has 154 valence electrons. The van der Waals surface area contributed by atoms with Crippen LogP contribution in [0.1, 0.15) is 37.1 Å². The van der Waals surface area contributed by atoms with E-state index in [2.05, 4.69) is 27.9 Å². The molecule has 3 atom stereocenters. The summed E-state index contributed by atoms with van der Waals surface area (Å²) in [6.45, 7) is 6.05. The molecular formula is C24H22N6O. The second-order valence-corrected chi connectivity index (χ2v) is 8.63. The number of carbonyl (C=O) groups excluding carboxylic acids is 1. The molecular weight excluding hydrogens is 388 g/mol. The minimum absolute atomic E-state index is 0.0658. The lowest BCUT2D eigenvalue weighted by Crippen LogP contribution is -2.46. The summed E-state index contributed by atoms with van der Waals surface area (Å²) in [5.74, 6) is 0.503. The first-order chi connectivity index (χ1) is 14.9. The Balaban J connectivity index is 1.82. The Labute approximate surface area is 180 Å². The van der Waals surface area contributed by atoms with Crippen LogP contribution < -0.4 is 0 Å². The molecule has 31 heavy (non-hydrogen) atoms. The van der Waals surface area contributed by atoms with Crippen molar-refractivity contribution >= 4 is 5.78 Å². The van der Waals surface area contributed by atoms with E-state index in [4.69, 9.17) is 5.10 Å². The van der Waals surface area contributed by atoms with E-state index in [0.717, 1.165) is 41.1 Å². The summed E-state index contributed by atoms with van der Waals surface area (Å²) >= 11 is 0. The van der Waals surface area contributed by atoms with Crippen LogP contribution in [0, 0.1) is 30.1 Å².